The summed E-state index contributed by atoms with van der Waals surface area (Å²) in [6.07, 6.45) is 2.51. The zero-order valence-corrected chi connectivity index (χ0v) is 16.4. The number of carbonyl (C=O) groups is 2. The van der Waals surface area contributed by atoms with Gasteiger partial charge in [0, 0.05) is 36.4 Å². The van der Waals surface area contributed by atoms with E-state index in [1.807, 2.05) is 18.0 Å². The second kappa shape index (κ2) is 10.0. The smallest absolute Gasteiger partial charge is 0.223 e. The molecule has 1 aromatic rings. The lowest BCUT2D eigenvalue weighted by Gasteiger charge is -2.24. The van der Waals surface area contributed by atoms with Gasteiger partial charge in [-0.25, -0.2) is 0 Å². The first-order valence-corrected chi connectivity index (χ1v) is 8.67. The lowest BCUT2D eigenvalue weighted by Crippen LogP contribution is -2.40. The molecule has 0 saturated carbocycles. The molecule has 1 aliphatic heterocycles. The van der Waals surface area contributed by atoms with Crippen LogP contribution in [-0.4, -0.2) is 49.9 Å². The molecule has 0 spiro atoms. The first kappa shape index (κ1) is 20.9. The van der Waals surface area contributed by atoms with Gasteiger partial charge in [-0.3, -0.25) is 9.59 Å². The topological polar surface area (TPSA) is 58.6 Å². The summed E-state index contributed by atoms with van der Waals surface area (Å²) in [6, 6.07) is 5.57. The van der Waals surface area contributed by atoms with Crippen LogP contribution in [-0.2, 0) is 4.79 Å². The number of nitrogens with one attached hydrogen (secondary N) is 1. The van der Waals surface area contributed by atoms with Gasteiger partial charge >= 0.3 is 0 Å². The fourth-order valence-electron chi connectivity index (χ4n) is 3.01. The van der Waals surface area contributed by atoms with Crippen molar-refractivity contribution in [2.45, 2.75) is 31.7 Å². The molecule has 1 saturated heterocycles. The first-order chi connectivity index (χ1) is 11.1. The zero-order valence-electron chi connectivity index (χ0n) is 14.0. The van der Waals surface area contributed by atoms with Crippen LogP contribution in [0.4, 0.5) is 0 Å². The summed E-state index contributed by atoms with van der Waals surface area (Å²) in [5, 5.41) is 3.12. The van der Waals surface area contributed by atoms with Crippen molar-refractivity contribution in [3.05, 3.63) is 28.2 Å². The van der Waals surface area contributed by atoms with E-state index in [4.69, 9.17) is 4.74 Å². The maximum atomic E-state index is 12.4. The van der Waals surface area contributed by atoms with Crippen molar-refractivity contribution in [1.82, 2.24) is 10.2 Å². The summed E-state index contributed by atoms with van der Waals surface area (Å²) in [5.41, 5.74) is 0.517. The molecule has 1 atom stereocenters. The van der Waals surface area contributed by atoms with E-state index in [-0.39, 0.29) is 43.0 Å². The van der Waals surface area contributed by atoms with E-state index in [0.29, 0.717) is 11.3 Å². The van der Waals surface area contributed by atoms with Gasteiger partial charge in [0.25, 0.3) is 0 Å². The molecule has 0 bridgehead atoms. The molecular weight excluding hydrogens is 396 g/mol. The molecule has 5 nitrogen and oxygen atoms in total. The number of ether oxygens (including phenoxy) is 1. The summed E-state index contributed by atoms with van der Waals surface area (Å²) in [7, 11) is 3.43. The van der Waals surface area contributed by atoms with E-state index in [0.717, 1.165) is 30.4 Å². The van der Waals surface area contributed by atoms with Crippen LogP contribution in [0.5, 0.6) is 5.75 Å². The Morgan fingerprint density at radius 2 is 2.12 bits per heavy atom. The highest BCUT2D eigenvalue weighted by molar-refractivity contribution is 9.10. The molecule has 2 rings (SSSR count). The molecule has 0 radical (unpaired) electrons. The zero-order chi connectivity index (χ0) is 16.8. The van der Waals surface area contributed by atoms with E-state index in [1.165, 1.54) is 7.11 Å². The van der Waals surface area contributed by atoms with Crippen LogP contribution < -0.4 is 10.1 Å². The molecule has 0 aromatic heterocycles. The predicted molar refractivity (Wildman–Crippen MR) is 100 cm³/mol. The molecule has 1 aliphatic rings. The number of halogens is 2. The molecule has 1 unspecified atom stereocenters. The van der Waals surface area contributed by atoms with Gasteiger partial charge in [-0.1, -0.05) is 15.9 Å². The number of hydrogen-bond donors (Lipinski definition) is 1. The third kappa shape index (κ3) is 5.19. The third-order valence-corrected chi connectivity index (χ3v) is 4.66. The summed E-state index contributed by atoms with van der Waals surface area (Å²) in [5.74, 6) is 0.533. The van der Waals surface area contributed by atoms with E-state index in [9.17, 15) is 9.59 Å². The molecule has 1 N–H and O–H groups in total. The highest BCUT2D eigenvalue weighted by Crippen LogP contribution is 2.25. The Morgan fingerprint density at radius 3 is 2.79 bits per heavy atom. The van der Waals surface area contributed by atoms with E-state index < -0.39 is 0 Å². The number of ketones is 1. The summed E-state index contributed by atoms with van der Waals surface area (Å²) < 4.78 is 6.05. The monoisotopic (exact) mass is 418 g/mol. The number of methoxy groups -OCH3 is 1. The van der Waals surface area contributed by atoms with Gasteiger partial charge in [-0.05, 0) is 38.1 Å². The molecule has 1 heterocycles. The quantitative estimate of drug-likeness (QED) is 0.690. The van der Waals surface area contributed by atoms with Crippen molar-refractivity contribution in [2.24, 2.45) is 0 Å². The van der Waals surface area contributed by atoms with Crippen molar-refractivity contribution in [3.63, 3.8) is 0 Å². The minimum atomic E-state index is -0.0686. The Bertz CT molecular complexity index is 583. The number of carbonyl (C=O) groups excluding carboxylic acids is 2. The van der Waals surface area contributed by atoms with Crippen molar-refractivity contribution in [2.75, 3.05) is 27.2 Å². The van der Waals surface area contributed by atoms with Gasteiger partial charge in [-0.15, -0.1) is 12.4 Å². The number of rotatable bonds is 7. The Labute approximate surface area is 157 Å². The third-order valence-electron chi connectivity index (χ3n) is 4.17. The molecule has 134 valence electrons. The minimum absolute atomic E-state index is 0. The molecule has 0 aliphatic carbocycles. The summed E-state index contributed by atoms with van der Waals surface area (Å²) >= 11 is 3.36. The number of likely N-dealkylation sites (tertiary alicyclic amines) is 1. The molecule has 1 amide bonds. The van der Waals surface area contributed by atoms with Gasteiger partial charge in [0.1, 0.15) is 5.75 Å². The van der Waals surface area contributed by atoms with Crippen molar-refractivity contribution in [3.8, 4) is 5.75 Å². The van der Waals surface area contributed by atoms with Crippen LogP contribution >= 0.6 is 28.3 Å². The number of benzene rings is 1. The molecule has 1 aromatic carbocycles. The van der Waals surface area contributed by atoms with Crippen LogP contribution in [0.2, 0.25) is 0 Å². The second-order valence-electron chi connectivity index (χ2n) is 5.71. The summed E-state index contributed by atoms with van der Waals surface area (Å²) in [4.78, 5) is 26.7. The van der Waals surface area contributed by atoms with Crippen LogP contribution in [0.15, 0.2) is 22.7 Å². The van der Waals surface area contributed by atoms with Crippen LogP contribution in [0.3, 0.4) is 0 Å². The van der Waals surface area contributed by atoms with E-state index in [1.54, 1.807) is 12.1 Å². The van der Waals surface area contributed by atoms with Gasteiger partial charge in [0.15, 0.2) is 5.78 Å². The van der Waals surface area contributed by atoms with Crippen LogP contribution in [0, 0.1) is 0 Å². The van der Waals surface area contributed by atoms with Crippen LogP contribution in [0.1, 0.15) is 36.0 Å². The first-order valence-electron chi connectivity index (χ1n) is 7.87. The maximum absolute atomic E-state index is 12.4. The highest BCUT2D eigenvalue weighted by atomic mass is 79.9. The van der Waals surface area contributed by atoms with Crippen LogP contribution in [0.25, 0.3) is 0 Å². The number of likely N-dealkylation sites (N-methyl/N-ethyl adjacent to an activating group) is 1. The number of nitrogens with zero attached hydrogens (tertiary/aromatic N) is 1. The van der Waals surface area contributed by atoms with E-state index >= 15 is 0 Å². The maximum Gasteiger partial charge on any atom is 0.223 e. The minimum Gasteiger partial charge on any atom is -0.496 e. The summed E-state index contributed by atoms with van der Waals surface area (Å²) in [6.45, 7) is 1.60. The van der Waals surface area contributed by atoms with E-state index in [2.05, 4.69) is 21.2 Å². The fraction of sp³-hybridized carbons (Fsp3) is 0.529. The molecule has 24 heavy (non-hydrogen) atoms. The van der Waals surface area contributed by atoms with Gasteiger partial charge < -0.3 is 15.0 Å². The fourth-order valence-corrected chi connectivity index (χ4v) is 3.37. The predicted octanol–water partition coefficient (Wildman–Crippen LogP) is 3.05. The SMILES string of the molecule is CNCC1CCCN1C(=O)CCC(=O)c1cc(Br)ccc1OC.Cl. The lowest BCUT2D eigenvalue weighted by atomic mass is 10.0. The molecule has 7 heteroatoms. The number of hydrogen-bond acceptors (Lipinski definition) is 4. The van der Waals surface area contributed by atoms with Crippen molar-refractivity contribution in [1.29, 1.82) is 0 Å². The molecule has 1 fully saturated rings. The number of Topliss-reactive ketones (excluding diaryl/α,β-unsaturated/α-hetero) is 1. The van der Waals surface area contributed by atoms with Gasteiger partial charge in [0.2, 0.25) is 5.91 Å². The average molecular weight is 420 g/mol. The normalized spacial score (nSPS) is 16.6. The number of amides is 1. The second-order valence-corrected chi connectivity index (χ2v) is 6.62. The lowest BCUT2D eigenvalue weighted by molar-refractivity contribution is -0.131. The Kier molecular flexibility index (Phi) is 8.73. The standard InChI is InChI=1S/C17H23BrN2O3.ClH/c1-19-11-13-4-3-9-20(13)17(22)8-6-15(21)14-10-12(18)5-7-16(14)23-2;/h5,7,10,13,19H,3-4,6,8-9,11H2,1-2H3;1H. The largest absolute Gasteiger partial charge is 0.496 e. The van der Waals surface area contributed by atoms with Crippen molar-refractivity contribution < 1.29 is 14.3 Å². The van der Waals surface area contributed by atoms with Crippen molar-refractivity contribution >= 4 is 40.0 Å². The highest BCUT2D eigenvalue weighted by Gasteiger charge is 2.28. The average Bonchev–Trinajstić information content (AvgIpc) is 3.01. The van der Waals surface area contributed by atoms with Gasteiger partial charge in [0.05, 0.1) is 12.7 Å². The van der Waals surface area contributed by atoms with Gasteiger partial charge in [-0.2, -0.15) is 0 Å². The Hall–Kier alpha value is -1.11. The Balaban J connectivity index is 0.00000288. The Morgan fingerprint density at radius 1 is 1.38 bits per heavy atom. The molecular formula is C17H24BrClN2O3.